The van der Waals surface area contributed by atoms with Crippen LogP contribution in [0.1, 0.15) is 78.1 Å². The Kier molecular flexibility index (Phi) is 15.8. The van der Waals surface area contributed by atoms with Gasteiger partial charge in [-0.2, -0.15) is 0 Å². The molecule has 126 valence electrons. The highest BCUT2D eigenvalue weighted by atomic mass is 16.2. The van der Waals surface area contributed by atoms with Gasteiger partial charge in [-0.15, -0.1) is 0 Å². The molecule has 0 saturated heterocycles. The fourth-order valence-corrected chi connectivity index (χ4v) is 2.93. The minimum Gasteiger partial charge on any atom is -0.392 e. The van der Waals surface area contributed by atoms with E-state index in [2.05, 4.69) is 31.9 Å². The van der Waals surface area contributed by atoms with E-state index in [0.717, 1.165) is 12.3 Å². The average Bonchev–Trinajstić information content (AvgIpc) is 2.48. The van der Waals surface area contributed by atoms with Crippen LogP contribution >= 0.6 is 0 Å². The number of nitrogens with zero attached hydrogens (tertiary/aromatic N) is 1. The van der Waals surface area contributed by atoms with E-state index in [1.165, 1.54) is 70.9 Å². The van der Waals surface area contributed by atoms with Crippen LogP contribution in [0.5, 0.6) is 0 Å². The number of aliphatic hydroxyl groups is 1. The van der Waals surface area contributed by atoms with Gasteiger partial charge >= 0.3 is 0 Å². The monoisotopic (exact) mass is 297 g/mol. The molecule has 0 aromatic rings. The molecule has 0 radical (unpaired) electrons. The Morgan fingerprint density at radius 1 is 0.952 bits per heavy atom. The largest absolute Gasteiger partial charge is 0.392 e. The highest BCUT2D eigenvalue weighted by molar-refractivity contribution is 4.80. The lowest BCUT2D eigenvalue weighted by atomic mass is 9.97. The molecule has 1 unspecified atom stereocenters. The van der Waals surface area contributed by atoms with Gasteiger partial charge in [0.15, 0.2) is 0 Å². The van der Waals surface area contributed by atoms with E-state index in [-0.39, 0.29) is 6.61 Å². The van der Waals surface area contributed by atoms with Crippen molar-refractivity contribution in [1.29, 1.82) is 0 Å². The fourth-order valence-electron chi connectivity index (χ4n) is 2.93. The topological polar surface area (TPSA) is 23.5 Å². The smallest absolute Gasteiger partial charge is 0.0612 e. The molecular formula is C19H39NO. The first-order chi connectivity index (χ1) is 10.2. The van der Waals surface area contributed by atoms with Gasteiger partial charge in [-0.05, 0) is 45.2 Å². The summed E-state index contributed by atoms with van der Waals surface area (Å²) in [6, 6.07) is 0. The molecule has 0 heterocycles. The van der Waals surface area contributed by atoms with Crippen molar-refractivity contribution in [2.24, 2.45) is 5.92 Å². The summed E-state index contributed by atoms with van der Waals surface area (Å²) in [5.41, 5.74) is 0. The van der Waals surface area contributed by atoms with E-state index in [0.29, 0.717) is 0 Å². The second-order valence-electron chi connectivity index (χ2n) is 6.39. The number of rotatable bonds is 15. The lowest BCUT2D eigenvalue weighted by molar-refractivity contribution is 0.259. The van der Waals surface area contributed by atoms with Gasteiger partial charge in [-0.1, -0.05) is 64.5 Å². The number of aliphatic hydroxyl groups excluding tert-OH is 1. The van der Waals surface area contributed by atoms with Crippen LogP contribution in [-0.4, -0.2) is 36.8 Å². The van der Waals surface area contributed by atoms with Crippen molar-refractivity contribution in [3.63, 3.8) is 0 Å². The summed E-state index contributed by atoms with van der Waals surface area (Å²) in [4.78, 5) is 2.49. The summed E-state index contributed by atoms with van der Waals surface area (Å²) in [5, 5.41) is 8.63. The maximum absolute atomic E-state index is 8.63. The van der Waals surface area contributed by atoms with Gasteiger partial charge < -0.3 is 10.0 Å². The summed E-state index contributed by atoms with van der Waals surface area (Å²) in [7, 11) is 2.26. The Bertz CT molecular complexity index is 228. The van der Waals surface area contributed by atoms with Gasteiger partial charge in [-0.25, -0.2) is 0 Å². The fraction of sp³-hybridized carbons (Fsp3) is 0.895. The van der Waals surface area contributed by atoms with Gasteiger partial charge in [0.2, 0.25) is 0 Å². The van der Waals surface area contributed by atoms with Crippen molar-refractivity contribution in [3.8, 4) is 0 Å². The number of allylic oxidation sites excluding steroid dienone is 1. The molecule has 0 aliphatic rings. The van der Waals surface area contributed by atoms with E-state index in [1.54, 1.807) is 0 Å². The van der Waals surface area contributed by atoms with Crippen LogP contribution < -0.4 is 0 Å². The summed E-state index contributed by atoms with van der Waals surface area (Å²) in [6.45, 7) is 7.30. The molecule has 0 amide bonds. The maximum Gasteiger partial charge on any atom is 0.0612 e. The number of unbranched alkanes of at least 4 members (excludes halogenated alkanes) is 6. The summed E-state index contributed by atoms with van der Waals surface area (Å²) < 4.78 is 0. The van der Waals surface area contributed by atoms with E-state index < -0.39 is 0 Å². The zero-order chi connectivity index (χ0) is 15.8. The standard InChI is InChI=1S/C19H39NO/c1-4-16-20(3)18-19(5-2)15-13-11-9-7-6-8-10-12-14-17-21/h12,14,19,21H,4-11,13,15-18H2,1-3H3/b14-12+. The van der Waals surface area contributed by atoms with Crippen LogP contribution in [0.2, 0.25) is 0 Å². The Morgan fingerprint density at radius 3 is 2.24 bits per heavy atom. The quantitative estimate of drug-likeness (QED) is 0.339. The lowest BCUT2D eigenvalue weighted by Gasteiger charge is -2.22. The molecule has 0 aromatic carbocycles. The zero-order valence-corrected chi connectivity index (χ0v) is 14.8. The van der Waals surface area contributed by atoms with Gasteiger partial charge in [-0.3, -0.25) is 0 Å². The molecule has 0 rings (SSSR count). The van der Waals surface area contributed by atoms with Crippen LogP contribution in [0, 0.1) is 5.92 Å². The normalized spacial score (nSPS) is 13.4. The van der Waals surface area contributed by atoms with Crippen molar-refractivity contribution in [1.82, 2.24) is 4.90 Å². The van der Waals surface area contributed by atoms with Crippen molar-refractivity contribution in [3.05, 3.63) is 12.2 Å². The third kappa shape index (κ3) is 14.4. The van der Waals surface area contributed by atoms with Crippen molar-refractivity contribution in [2.75, 3.05) is 26.7 Å². The SMILES string of the molecule is CCCN(C)CC(CC)CCCCCCCC/C=C/CO. The minimum atomic E-state index is 0.187. The van der Waals surface area contributed by atoms with E-state index in [4.69, 9.17) is 5.11 Å². The average molecular weight is 298 g/mol. The molecule has 0 saturated carbocycles. The van der Waals surface area contributed by atoms with Gasteiger partial charge in [0.25, 0.3) is 0 Å². The highest BCUT2D eigenvalue weighted by Crippen LogP contribution is 2.16. The van der Waals surface area contributed by atoms with Crippen LogP contribution in [0.4, 0.5) is 0 Å². The van der Waals surface area contributed by atoms with E-state index in [1.807, 2.05) is 6.08 Å². The minimum absolute atomic E-state index is 0.187. The van der Waals surface area contributed by atoms with Crippen LogP contribution in [0.3, 0.4) is 0 Å². The Balaban J connectivity index is 3.40. The first kappa shape index (κ1) is 20.7. The Morgan fingerprint density at radius 2 is 1.62 bits per heavy atom. The zero-order valence-electron chi connectivity index (χ0n) is 14.8. The molecule has 0 spiro atoms. The molecule has 0 aromatic heterocycles. The number of hydrogen-bond acceptors (Lipinski definition) is 2. The second kappa shape index (κ2) is 16.0. The van der Waals surface area contributed by atoms with Crippen LogP contribution in [0.15, 0.2) is 12.2 Å². The first-order valence-electron chi connectivity index (χ1n) is 9.18. The molecule has 0 bridgehead atoms. The van der Waals surface area contributed by atoms with Gasteiger partial charge in [0.1, 0.15) is 0 Å². The lowest BCUT2D eigenvalue weighted by Crippen LogP contribution is -2.26. The second-order valence-corrected chi connectivity index (χ2v) is 6.39. The van der Waals surface area contributed by atoms with Crippen molar-refractivity contribution in [2.45, 2.75) is 78.1 Å². The van der Waals surface area contributed by atoms with Gasteiger partial charge in [0.05, 0.1) is 6.61 Å². The molecule has 2 nitrogen and oxygen atoms in total. The predicted molar refractivity (Wildman–Crippen MR) is 94.7 cm³/mol. The van der Waals surface area contributed by atoms with E-state index in [9.17, 15) is 0 Å². The molecular weight excluding hydrogens is 258 g/mol. The maximum atomic E-state index is 8.63. The van der Waals surface area contributed by atoms with Gasteiger partial charge in [0, 0.05) is 6.54 Å². The Hall–Kier alpha value is -0.340. The highest BCUT2D eigenvalue weighted by Gasteiger charge is 2.08. The van der Waals surface area contributed by atoms with Crippen LogP contribution in [-0.2, 0) is 0 Å². The molecule has 1 N–H and O–H groups in total. The molecule has 1 atom stereocenters. The molecule has 2 heteroatoms. The first-order valence-corrected chi connectivity index (χ1v) is 9.18. The summed E-state index contributed by atoms with van der Waals surface area (Å²) >= 11 is 0. The summed E-state index contributed by atoms with van der Waals surface area (Å²) in [6.07, 6.45) is 17.3. The molecule has 0 aliphatic carbocycles. The summed E-state index contributed by atoms with van der Waals surface area (Å²) in [5.74, 6) is 0.894. The van der Waals surface area contributed by atoms with Crippen molar-refractivity contribution >= 4 is 0 Å². The molecule has 0 fully saturated rings. The van der Waals surface area contributed by atoms with Crippen LogP contribution in [0.25, 0.3) is 0 Å². The van der Waals surface area contributed by atoms with Crippen molar-refractivity contribution < 1.29 is 5.11 Å². The third-order valence-electron chi connectivity index (χ3n) is 4.26. The number of hydrogen-bond donors (Lipinski definition) is 1. The Labute approximate surface area is 133 Å². The molecule has 21 heavy (non-hydrogen) atoms. The molecule has 0 aliphatic heterocycles. The predicted octanol–water partition coefficient (Wildman–Crippen LogP) is 5.02. The van der Waals surface area contributed by atoms with E-state index >= 15 is 0 Å². The third-order valence-corrected chi connectivity index (χ3v) is 4.26.